The highest BCUT2D eigenvalue weighted by Crippen LogP contribution is 2.14. The Kier molecular flexibility index (Phi) is 6.33. The highest BCUT2D eigenvalue weighted by atomic mass is 16.5. The third kappa shape index (κ3) is 5.20. The van der Waals surface area contributed by atoms with Crippen LogP contribution >= 0.6 is 0 Å². The van der Waals surface area contributed by atoms with Gasteiger partial charge in [-0.05, 0) is 30.2 Å². The Morgan fingerprint density at radius 2 is 1.84 bits per heavy atom. The number of esters is 1. The maximum Gasteiger partial charge on any atom is 0.355 e. The fourth-order valence-corrected chi connectivity index (χ4v) is 2.25. The molecule has 0 atom stereocenters. The Balaban J connectivity index is 1.75. The van der Waals surface area contributed by atoms with Crippen LogP contribution in [0.15, 0.2) is 42.6 Å². The molecule has 0 bridgehead atoms. The van der Waals surface area contributed by atoms with Gasteiger partial charge in [0.15, 0.2) is 6.61 Å². The lowest BCUT2D eigenvalue weighted by Gasteiger charge is -2.10. The molecule has 0 unspecified atom stereocenters. The van der Waals surface area contributed by atoms with Crippen molar-refractivity contribution >= 4 is 23.5 Å². The summed E-state index contributed by atoms with van der Waals surface area (Å²) in [4.78, 5) is 35.4. The zero-order chi connectivity index (χ0) is 18.2. The van der Waals surface area contributed by atoms with E-state index in [9.17, 15) is 14.4 Å². The van der Waals surface area contributed by atoms with Gasteiger partial charge in [0.25, 0.3) is 5.91 Å². The number of ether oxygens (including phenoxy) is 1. The molecule has 7 nitrogen and oxygen atoms in total. The molecule has 0 aliphatic rings. The molecule has 2 aromatic rings. The number of benzene rings is 1. The van der Waals surface area contributed by atoms with Crippen LogP contribution in [0.1, 0.15) is 23.0 Å². The molecule has 132 valence electrons. The second-order valence-electron chi connectivity index (χ2n) is 5.42. The van der Waals surface area contributed by atoms with Gasteiger partial charge in [0, 0.05) is 18.9 Å². The lowest BCUT2D eigenvalue weighted by molar-refractivity contribution is -0.126. The number of rotatable bonds is 7. The van der Waals surface area contributed by atoms with E-state index in [1.807, 2.05) is 25.1 Å². The summed E-state index contributed by atoms with van der Waals surface area (Å²) in [6.07, 6.45) is 2.49. The predicted octanol–water partition coefficient (Wildman–Crippen LogP) is 1.50. The zero-order valence-corrected chi connectivity index (χ0v) is 14.2. The van der Waals surface area contributed by atoms with Crippen LogP contribution in [0.4, 0.5) is 5.69 Å². The van der Waals surface area contributed by atoms with Crippen molar-refractivity contribution < 1.29 is 19.1 Å². The molecular formula is C18H21N3O4. The Morgan fingerprint density at radius 1 is 1.08 bits per heavy atom. The molecule has 2 rings (SSSR count). The van der Waals surface area contributed by atoms with E-state index >= 15 is 0 Å². The number of hydrogen-bond donors (Lipinski definition) is 2. The number of carbonyl (C=O) groups excluding carboxylic acids is 3. The lowest BCUT2D eigenvalue weighted by Crippen LogP contribution is -2.35. The normalized spacial score (nSPS) is 10.2. The molecule has 0 saturated carbocycles. The molecule has 7 heteroatoms. The summed E-state index contributed by atoms with van der Waals surface area (Å²) in [5.74, 6) is -1.48. The minimum atomic E-state index is -0.594. The molecule has 25 heavy (non-hydrogen) atoms. The fraction of sp³-hybridized carbons (Fsp3) is 0.278. The van der Waals surface area contributed by atoms with Gasteiger partial charge in [0.2, 0.25) is 5.91 Å². The van der Waals surface area contributed by atoms with E-state index in [4.69, 9.17) is 4.74 Å². The first-order valence-corrected chi connectivity index (χ1v) is 7.94. The van der Waals surface area contributed by atoms with Crippen LogP contribution in [0, 0.1) is 0 Å². The summed E-state index contributed by atoms with van der Waals surface area (Å²) in [5.41, 5.74) is 2.08. The molecule has 2 amide bonds. The van der Waals surface area contributed by atoms with Gasteiger partial charge in [-0.1, -0.05) is 25.1 Å². The first-order valence-electron chi connectivity index (χ1n) is 7.94. The number of anilines is 1. The molecule has 0 saturated heterocycles. The van der Waals surface area contributed by atoms with Crippen LogP contribution in [-0.4, -0.2) is 35.5 Å². The van der Waals surface area contributed by atoms with Gasteiger partial charge >= 0.3 is 5.97 Å². The second-order valence-corrected chi connectivity index (χ2v) is 5.42. The SMILES string of the molecule is CCc1ccccc1NC(=O)CNC(=O)COC(=O)c1cccn1C. The molecule has 1 heterocycles. The number of aryl methyl sites for hydroxylation is 2. The van der Waals surface area contributed by atoms with Crippen molar-refractivity contribution in [2.45, 2.75) is 13.3 Å². The van der Waals surface area contributed by atoms with E-state index in [-0.39, 0.29) is 12.5 Å². The van der Waals surface area contributed by atoms with Gasteiger partial charge in [-0.3, -0.25) is 9.59 Å². The van der Waals surface area contributed by atoms with E-state index in [1.54, 1.807) is 36.0 Å². The Morgan fingerprint density at radius 3 is 2.52 bits per heavy atom. The number of nitrogens with zero attached hydrogens (tertiary/aromatic N) is 1. The largest absolute Gasteiger partial charge is 0.451 e. The molecule has 0 aliphatic heterocycles. The number of para-hydroxylation sites is 1. The number of nitrogens with one attached hydrogen (secondary N) is 2. The van der Waals surface area contributed by atoms with Crippen molar-refractivity contribution in [2.24, 2.45) is 7.05 Å². The smallest absolute Gasteiger partial charge is 0.355 e. The summed E-state index contributed by atoms with van der Waals surface area (Å²) in [7, 11) is 1.70. The topological polar surface area (TPSA) is 89.4 Å². The first kappa shape index (κ1) is 18.3. The Bertz CT molecular complexity index is 767. The second kappa shape index (κ2) is 8.68. The van der Waals surface area contributed by atoms with Crippen molar-refractivity contribution in [1.82, 2.24) is 9.88 Å². The summed E-state index contributed by atoms with van der Waals surface area (Å²) in [5, 5.41) is 5.17. The number of amides is 2. The number of aromatic nitrogens is 1. The average molecular weight is 343 g/mol. The van der Waals surface area contributed by atoms with Crippen LogP contribution in [0.5, 0.6) is 0 Å². The Hall–Kier alpha value is -3.09. The van der Waals surface area contributed by atoms with Crippen LogP contribution in [0.2, 0.25) is 0 Å². The molecule has 0 aliphatic carbocycles. The molecule has 1 aromatic carbocycles. The van der Waals surface area contributed by atoms with Crippen molar-refractivity contribution in [1.29, 1.82) is 0 Å². The predicted molar refractivity (Wildman–Crippen MR) is 93.2 cm³/mol. The van der Waals surface area contributed by atoms with Gasteiger partial charge in [0.05, 0.1) is 6.54 Å². The minimum Gasteiger partial charge on any atom is -0.451 e. The highest BCUT2D eigenvalue weighted by Gasteiger charge is 2.13. The van der Waals surface area contributed by atoms with Gasteiger partial charge < -0.3 is 19.9 Å². The van der Waals surface area contributed by atoms with Crippen molar-refractivity contribution in [3.05, 3.63) is 53.9 Å². The van der Waals surface area contributed by atoms with E-state index in [0.29, 0.717) is 5.69 Å². The van der Waals surface area contributed by atoms with Gasteiger partial charge in [-0.25, -0.2) is 4.79 Å². The van der Waals surface area contributed by atoms with Crippen molar-refractivity contribution in [2.75, 3.05) is 18.5 Å². The zero-order valence-electron chi connectivity index (χ0n) is 14.2. The fourth-order valence-electron chi connectivity index (χ4n) is 2.25. The van der Waals surface area contributed by atoms with E-state index < -0.39 is 18.5 Å². The maximum atomic E-state index is 11.9. The highest BCUT2D eigenvalue weighted by molar-refractivity contribution is 5.95. The summed E-state index contributed by atoms with van der Waals surface area (Å²) >= 11 is 0. The minimum absolute atomic E-state index is 0.196. The third-order valence-electron chi connectivity index (χ3n) is 3.61. The van der Waals surface area contributed by atoms with Crippen LogP contribution < -0.4 is 10.6 Å². The van der Waals surface area contributed by atoms with Crippen LogP contribution in [0.25, 0.3) is 0 Å². The lowest BCUT2D eigenvalue weighted by atomic mass is 10.1. The third-order valence-corrected chi connectivity index (χ3v) is 3.61. The molecule has 0 radical (unpaired) electrons. The molecule has 0 spiro atoms. The van der Waals surface area contributed by atoms with E-state index in [0.717, 1.165) is 17.7 Å². The average Bonchev–Trinajstić information content (AvgIpc) is 3.04. The molecule has 2 N–H and O–H groups in total. The van der Waals surface area contributed by atoms with Gasteiger partial charge in [-0.15, -0.1) is 0 Å². The maximum absolute atomic E-state index is 11.9. The van der Waals surface area contributed by atoms with Gasteiger partial charge in [-0.2, -0.15) is 0 Å². The summed E-state index contributed by atoms with van der Waals surface area (Å²) in [6, 6.07) is 10.8. The number of hydrogen-bond acceptors (Lipinski definition) is 4. The standard InChI is InChI=1S/C18H21N3O4/c1-3-13-7-4-5-8-14(13)20-16(22)11-19-17(23)12-25-18(24)15-9-6-10-21(15)2/h4-10H,3,11-12H2,1-2H3,(H,19,23)(H,20,22). The molecule has 0 fully saturated rings. The molecule has 1 aromatic heterocycles. The number of carbonyl (C=O) groups is 3. The monoisotopic (exact) mass is 343 g/mol. The first-order chi connectivity index (χ1) is 12.0. The summed E-state index contributed by atoms with van der Waals surface area (Å²) in [6.45, 7) is 1.36. The van der Waals surface area contributed by atoms with Crippen molar-refractivity contribution in [3.8, 4) is 0 Å². The van der Waals surface area contributed by atoms with E-state index in [1.165, 1.54) is 0 Å². The quantitative estimate of drug-likeness (QED) is 0.746. The van der Waals surface area contributed by atoms with Gasteiger partial charge in [0.1, 0.15) is 5.69 Å². The summed E-state index contributed by atoms with van der Waals surface area (Å²) < 4.78 is 6.51. The van der Waals surface area contributed by atoms with E-state index in [2.05, 4.69) is 10.6 Å². The van der Waals surface area contributed by atoms with Crippen LogP contribution in [0.3, 0.4) is 0 Å². The molecular weight excluding hydrogens is 322 g/mol. The van der Waals surface area contributed by atoms with Crippen molar-refractivity contribution in [3.63, 3.8) is 0 Å². The Labute approximate surface area is 146 Å². The van der Waals surface area contributed by atoms with Crippen LogP contribution in [-0.2, 0) is 27.8 Å².